The topological polar surface area (TPSA) is 34.9 Å². The predicted octanol–water partition coefficient (Wildman–Crippen LogP) is 2.92. The van der Waals surface area contributed by atoms with Crippen molar-refractivity contribution in [3.05, 3.63) is 46.4 Å². The Morgan fingerprint density at radius 1 is 1.12 bits per heavy atom. The highest BCUT2D eigenvalue weighted by molar-refractivity contribution is 5.77. The first-order chi connectivity index (χ1) is 8.02. The van der Waals surface area contributed by atoms with Crippen molar-refractivity contribution in [2.45, 2.75) is 27.7 Å². The van der Waals surface area contributed by atoms with Crippen molar-refractivity contribution < 1.29 is 4.79 Å². The van der Waals surface area contributed by atoms with Crippen molar-refractivity contribution in [1.82, 2.24) is 9.55 Å². The number of nitrogens with zero attached hydrogens (tertiary/aromatic N) is 2. The SMILES string of the molecule is Cc1cc(C)nc(-n2c(C)cc(C=O)c2C)c1. The number of hydrogen-bond donors (Lipinski definition) is 0. The third-order valence-electron chi connectivity index (χ3n) is 2.91. The Morgan fingerprint density at radius 3 is 2.35 bits per heavy atom. The molecule has 3 heteroatoms. The van der Waals surface area contributed by atoms with Crippen LogP contribution in [0.25, 0.3) is 5.82 Å². The second kappa shape index (κ2) is 4.17. The molecule has 0 aliphatic heterocycles. The summed E-state index contributed by atoms with van der Waals surface area (Å²) in [5, 5.41) is 0. The van der Waals surface area contributed by atoms with Crippen molar-refractivity contribution in [2.24, 2.45) is 0 Å². The molecule has 0 saturated carbocycles. The van der Waals surface area contributed by atoms with E-state index in [1.807, 2.05) is 50.5 Å². The fourth-order valence-corrected chi connectivity index (χ4v) is 2.19. The van der Waals surface area contributed by atoms with Crippen LogP contribution in [-0.2, 0) is 0 Å². The van der Waals surface area contributed by atoms with Gasteiger partial charge in [-0.25, -0.2) is 4.98 Å². The van der Waals surface area contributed by atoms with Gasteiger partial charge in [0.15, 0.2) is 6.29 Å². The van der Waals surface area contributed by atoms with E-state index in [2.05, 4.69) is 4.98 Å². The van der Waals surface area contributed by atoms with Gasteiger partial charge in [-0.05, 0) is 51.5 Å². The van der Waals surface area contributed by atoms with Gasteiger partial charge in [0.1, 0.15) is 5.82 Å². The molecule has 0 N–H and O–H groups in total. The van der Waals surface area contributed by atoms with E-state index in [1.165, 1.54) is 5.56 Å². The second-order valence-corrected chi connectivity index (χ2v) is 4.42. The van der Waals surface area contributed by atoms with Gasteiger partial charge >= 0.3 is 0 Å². The van der Waals surface area contributed by atoms with Gasteiger partial charge in [-0.3, -0.25) is 4.79 Å². The average Bonchev–Trinajstić information content (AvgIpc) is 2.52. The van der Waals surface area contributed by atoms with E-state index in [9.17, 15) is 4.79 Å². The zero-order valence-corrected chi connectivity index (χ0v) is 10.6. The number of carbonyl (C=O) groups excluding carboxylic acids is 1. The molecule has 0 spiro atoms. The molecule has 0 aliphatic carbocycles. The van der Waals surface area contributed by atoms with E-state index in [0.29, 0.717) is 0 Å². The van der Waals surface area contributed by atoms with Crippen LogP contribution >= 0.6 is 0 Å². The Bertz CT molecular complexity index is 562. The quantitative estimate of drug-likeness (QED) is 0.741. The predicted molar refractivity (Wildman–Crippen MR) is 67.9 cm³/mol. The molecule has 0 fully saturated rings. The molecule has 0 amide bonds. The molecule has 17 heavy (non-hydrogen) atoms. The maximum Gasteiger partial charge on any atom is 0.151 e. The first-order valence-electron chi connectivity index (χ1n) is 5.62. The van der Waals surface area contributed by atoms with E-state index in [0.717, 1.165) is 34.7 Å². The molecule has 2 aromatic rings. The van der Waals surface area contributed by atoms with Crippen LogP contribution in [0, 0.1) is 27.7 Å². The van der Waals surface area contributed by atoms with Crippen molar-refractivity contribution in [3.8, 4) is 5.82 Å². The molecular formula is C14H16N2O. The van der Waals surface area contributed by atoms with Gasteiger partial charge in [0.2, 0.25) is 0 Å². The zero-order valence-electron chi connectivity index (χ0n) is 10.6. The molecule has 0 atom stereocenters. The number of carbonyl (C=O) groups is 1. The van der Waals surface area contributed by atoms with Crippen LogP contribution in [-0.4, -0.2) is 15.8 Å². The van der Waals surface area contributed by atoms with E-state index in [1.54, 1.807) is 0 Å². The number of aromatic nitrogens is 2. The van der Waals surface area contributed by atoms with Gasteiger partial charge in [-0.15, -0.1) is 0 Å². The Kier molecular flexibility index (Phi) is 2.84. The van der Waals surface area contributed by atoms with E-state index < -0.39 is 0 Å². The van der Waals surface area contributed by atoms with Crippen molar-refractivity contribution in [3.63, 3.8) is 0 Å². The highest BCUT2D eigenvalue weighted by atomic mass is 16.1. The summed E-state index contributed by atoms with van der Waals surface area (Å²) in [7, 11) is 0. The molecule has 0 aromatic carbocycles. The van der Waals surface area contributed by atoms with Gasteiger partial charge in [-0.1, -0.05) is 0 Å². The van der Waals surface area contributed by atoms with Gasteiger partial charge < -0.3 is 4.57 Å². The first-order valence-corrected chi connectivity index (χ1v) is 5.62. The Balaban J connectivity index is 2.67. The zero-order chi connectivity index (χ0) is 12.6. The van der Waals surface area contributed by atoms with Crippen molar-refractivity contribution in [2.75, 3.05) is 0 Å². The molecule has 2 heterocycles. The minimum absolute atomic E-state index is 0.725. The molecule has 2 rings (SSSR count). The van der Waals surface area contributed by atoms with Crippen LogP contribution in [0.2, 0.25) is 0 Å². The maximum atomic E-state index is 10.9. The summed E-state index contributed by atoms with van der Waals surface area (Å²) in [6.07, 6.45) is 0.890. The lowest BCUT2D eigenvalue weighted by Crippen LogP contribution is -2.03. The van der Waals surface area contributed by atoms with Crippen LogP contribution in [0.1, 0.15) is 33.0 Å². The fraction of sp³-hybridized carbons (Fsp3) is 0.286. The smallest absolute Gasteiger partial charge is 0.151 e. The van der Waals surface area contributed by atoms with Gasteiger partial charge in [0.05, 0.1) is 0 Å². The highest BCUT2D eigenvalue weighted by Crippen LogP contribution is 2.19. The minimum atomic E-state index is 0.725. The average molecular weight is 228 g/mol. The lowest BCUT2D eigenvalue weighted by molar-refractivity contribution is 0.112. The molecule has 0 bridgehead atoms. The van der Waals surface area contributed by atoms with Crippen LogP contribution in [0.4, 0.5) is 0 Å². The van der Waals surface area contributed by atoms with Crippen LogP contribution in [0.3, 0.4) is 0 Å². The second-order valence-electron chi connectivity index (χ2n) is 4.42. The summed E-state index contributed by atoms with van der Waals surface area (Å²) in [4.78, 5) is 15.4. The number of aldehydes is 1. The molecule has 0 saturated heterocycles. The summed E-state index contributed by atoms with van der Waals surface area (Å²) < 4.78 is 2.02. The summed E-state index contributed by atoms with van der Waals surface area (Å²) in [5.41, 5.74) is 4.85. The van der Waals surface area contributed by atoms with Crippen LogP contribution in [0.5, 0.6) is 0 Å². The molecule has 3 nitrogen and oxygen atoms in total. The molecular weight excluding hydrogens is 212 g/mol. The summed E-state index contributed by atoms with van der Waals surface area (Å²) in [6, 6.07) is 5.96. The molecule has 0 unspecified atom stereocenters. The lowest BCUT2D eigenvalue weighted by Gasteiger charge is -2.10. The number of hydrogen-bond acceptors (Lipinski definition) is 2. The van der Waals surface area contributed by atoms with E-state index >= 15 is 0 Å². The number of aryl methyl sites for hydroxylation is 3. The molecule has 2 aromatic heterocycles. The monoisotopic (exact) mass is 228 g/mol. The maximum absolute atomic E-state index is 10.9. The van der Waals surface area contributed by atoms with Crippen molar-refractivity contribution in [1.29, 1.82) is 0 Å². The van der Waals surface area contributed by atoms with Gasteiger partial charge in [-0.2, -0.15) is 0 Å². The fourth-order valence-electron chi connectivity index (χ4n) is 2.19. The standard InChI is InChI=1S/C14H16N2O/c1-9-5-10(2)15-14(6-9)16-11(3)7-13(8-17)12(16)4/h5-8H,1-4H3. The third kappa shape index (κ3) is 2.00. The summed E-state index contributed by atoms with van der Waals surface area (Å²) in [6.45, 7) is 7.95. The molecule has 0 radical (unpaired) electrons. The Morgan fingerprint density at radius 2 is 1.82 bits per heavy atom. The molecule has 0 aliphatic rings. The summed E-state index contributed by atoms with van der Waals surface area (Å²) >= 11 is 0. The Labute approximate surface area is 101 Å². The first kappa shape index (κ1) is 11.6. The normalized spacial score (nSPS) is 10.6. The third-order valence-corrected chi connectivity index (χ3v) is 2.91. The highest BCUT2D eigenvalue weighted by Gasteiger charge is 2.11. The summed E-state index contributed by atoms with van der Waals surface area (Å²) in [5.74, 6) is 0.880. The number of pyridine rings is 1. The van der Waals surface area contributed by atoms with Gasteiger partial charge in [0, 0.05) is 22.6 Å². The van der Waals surface area contributed by atoms with Crippen LogP contribution in [0.15, 0.2) is 18.2 Å². The largest absolute Gasteiger partial charge is 0.302 e. The molecule has 88 valence electrons. The van der Waals surface area contributed by atoms with Crippen molar-refractivity contribution >= 4 is 6.29 Å². The minimum Gasteiger partial charge on any atom is -0.302 e. The van der Waals surface area contributed by atoms with E-state index in [-0.39, 0.29) is 0 Å². The number of rotatable bonds is 2. The lowest BCUT2D eigenvalue weighted by atomic mass is 10.2. The van der Waals surface area contributed by atoms with Gasteiger partial charge in [0.25, 0.3) is 0 Å². The van der Waals surface area contributed by atoms with Crippen LogP contribution < -0.4 is 0 Å². The van der Waals surface area contributed by atoms with E-state index in [4.69, 9.17) is 0 Å². The Hall–Kier alpha value is -1.90.